The van der Waals surface area contributed by atoms with E-state index in [-0.39, 0.29) is 6.61 Å². The van der Waals surface area contributed by atoms with E-state index in [1.54, 1.807) is 17.7 Å². The smallest absolute Gasteiger partial charge is 0.331 e. The molecule has 0 spiro atoms. The lowest BCUT2D eigenvalue weighted by Gasteiger charge is -2.18. The molecule has 0 saturated carbocycles. The van der Waals surface area contributed by atoms with Gasteiger partial charge in [0.15, 0.2) is 11.5 Å². The number of hydrogen-bond acceptors (Lipinski definition) is 7. The minimum atomic E-state index is -0.472. The van der Waals surface area contributed by atoms with Crippen molar-refractivity contribution in [3.63, 3.8) is 0 Å². The number of carbonyl (C=O) groups excluding carboxylic acids is 1. The summed E-state index contributed by atoms with van der Waals surface area (Å²) < 4.78 is 23.7. The van der Waals surface area contributed by atoms with E-state index in [2.05, 4.69) is 5.16 Å². The van der Waals surface area contributed by atoms with Gasteiger partial charge in [0.1, 0.15) is 31.3 Å². The zero-order valence-corrected chi connectivity index (χ0v) is 18.9. The minimum absolute atomic E-state index is 0.0998. The average molecular weight is 457 g/mol. The van der Waals surface area contributed by atoms with Gasteiger partial charge in [0.2, 0.25) is 0 Å². The van der Waals surface area contributed by atoms with E-state index in [1.165, 1.54) is 6.08 Å². The third kappa shape index (κ3) is 4.43. The molecule has 0 N–H and O–H groups in total. The molecule has 3 heterocycles. The summed E-state index contributed by atoms with van der Waals surface area (Å²) in [5, 5.41) is 8.66. The molecule has 0 saturated heterocycles. The van der Waals surface area contributed by atoms with Crippen molar-refractivity contribution >= 4 is 12.0 Å². The van der Waals surface area contributed by atoms with E-state index in [4.69, 9.17) is 23.8 Å². The van der Waals surface area contributed by atoms with Gasteiger partial charge in [0, 0.05) is 23.4 Å². The first kappa shape index (κ1) is 21.5. The molecule has 0 atom stereocenters. The largest absolute Gasteiger partial charge is 0.486 e. The van der Waals surface area contributed by atoms with Crippen molar-refractivity contribution in [3.05, 3.63) is 83.4 Å². The Morgan fingerprint density at radius 3 is 2.65 bits per heavy atom. The normalized spacial score (nSPS) is 12.8. The number of benzene rings is 2. The molecular formula is C26H23N3O5. The SMILES string of the molecule is Cc1noc(C)c1COC(=O)C=Cc1cn(-c2ccccc2)nc1-c1ccc2c(c1)OCCO2. The van der Waals surface area contributed by atoms with Crippen molar-refractivity contribution in [3.8, 4) is 28.4 Å². The summed E-state index contributed by atoms with van der Waals surface area (Å²) >= 11 is 0. The van der Waals surface area contributed by atoms with Crippen LogP contribution in [-0.4, -0.2) is 34.1 Å². The van der Waals surface area contributed by atoms with Crippen LogP contribution < -0.4 is 9.47 Å². The number of para-hydroxylation sites is 1. The highest BCUT2D eigenvalue weighted by Gasteiger charge is 2.17. The molecule has 0 unspecified atom stereocenters. The number of aryl methyl sites for hydroxylation is 2. The van der Waals surface area contributed by atoms with Crippen LogP contribution in [0.25, 0.3) is 23.0 Å². The van der Waals surface area contributed by atoms with Crippen molar-refractivity contribution in [2.24, 2.45) is 0 Å². The maximum absolute atomic E-state index is 12.4. The number of rotatable bonds is 6. The van der Waals surface area contributed by atoms with Gasteiger partial charge in [-0.05, 0) is 50.3 Å². The van der Waals surface area contributed by atoms with Crippen LogP contribution in [0.2, 0.25) is 0 Å². The van der Waals surface area contributed by atoms with E-state index < -0.39 is 5.97 Å². The molecule has 5 rings (SSSR count). The Bertz CT molecular complexity index is 1330. The first-order valence-corrected chi connectivity index (χ1v) is 10.9. The molecule has 0 bridgehead atoms. The molecule has 0 radical (unpaired) electrons. The van der Waals surface area contributed by atoms with E-state index in [0.717, 1.165) is 22.4 Å². The second-order valence-electron chi connectivity index (χ2n) is 7.82. The maximum atomic E-state index is 12.4. The van der Waals surface area contributed by atoms with E-state index in [1.807, 2.05) is 61.7 Å². The quantitative estimate of drug-likeness (QED) is 0.307. The number of hydrogen-bond donors (Lipinski definition) is 0. The lowest BCUT2D eigenvalue weighted by molar-refractivity contribution is -0.138. The Hall–Kier alpha value is -4.33. The second-order valence-corrected chi connectivity index (χ2v) is 7.82. The lowest BCUT2D eigenvalue weighted by Crippen LogP contribution is -2.15. The standard InChI is InChI=1S/C26H23N3O5/c1-17-22(18(2)34-28-17)16-33-25(30)11-9-20-15-29(21-6-4-3-5-7-21)27-26(20)19-8-10-23-24(14-19)32-13-12-31-23/h3-11,14-15H,12-13,16H2,1-2H3. The first-order chi connectivity index (χ1) is 16.6. The van der Waals surface area contributed by atoms with Gasteiger partial charge >= 0.3 is 5.97 Å². The summed E-state index contributed by atoms with van der Waals surface area (Å²) in [5.74, 6) is 1.55. The molecule has 4 aromatic rings. The van der Waals surface area contributed by atoms with Gasteiger partial charge in [-0.15, -0.1) is 0 Å². The highest BCUT2D eigenvalue weighted by atomic mass is 16.6. The third-order valence-electron chi connectivity index (χ3n) is 5.52. The predicted molar refractivity (Wildman–Crippen MR) is 125 cm³/mol. The van der Waals surface area contributed by atoms with Crippen LogP contribution in [0.15, 0.2) is 65.3 Å². The van der Waals surface area contributed by atoms with Crippen LogP contribution in [0.5, 0.6) is 11.5 Å². The van der Waals surface area contributed by atoms with Gasteiger partial charge < -0.3 is 18.7 Å². The monoisotopic (exact) mass is 457 g/mol. The van der Waals surface area contributed by atoms with Crippen LogP contribution >= 0.6 is 0 Å². The number of nitrogens with zero attached hydrogens (tertiary/aromatic N) is 3. The summed E-state index contributed by atoms with van der Waals surface area (Å²) in [7, 11) is 0. The summed E-state index contributed by atoms with van der Waals surface area (Å²) in [6.45, 7) is 4.73. The molecule has 8 nitrogen and oxygen atoms in total. The van der Waals surface area contributed by atoms with Crippen LogP contribution in [0.3, 0.4) is 0 Å². The summed E-state index contributed by atoms with van der Waals surface area (Å²) in [4.78, 5) is 12.4. The van der Waals surface area contributed by atoms with Crippen LogP contribution in [0.1, 0.15) is 22.6 Å². The van der Waals surface area contributed by atoms with Crippen molar-refractivity contribution in [1.29, 1.82) is 0 Å². The fourth-order valence-corrected chi connectivity index (χ4v) is 3.69. The molecule has 2 aromatic carbocycles. The highest BCUT2D eigenvalue weighted by Crippen LogP contribution is 2.35. The number of ether oxygens (including phenoxy) is 3. The highest BCUT2D eigenvalue weighted by molar-refractivity contribution is 5.89. The molecule has 0 aliphatic carbocycles. The van der Waals surface area contributed by atoms with Crippen molar-refractivity contribution in [2.45, 2.75) is 20.5 Å². The van der Waals surface area contributed by atoms with Gasteiger partial charge in [0.25, 0.3) is 0 Å². The Kier molecular flexibility index (Phi) is 5.86. The number of carbonyl (C=O) groups is 1. The topological polar surface area (TPSA) is 88.6 Å². The molecule has 34 heavy (non-hydrogen) atoms. The minimum Gasteiger partial charge on any atom is -0.486 e. The Labute approximate surface area is 196 Å². The molecule has 8 heteroatoms. The second kappa shape index (κ2) is 9.27. The van der Waals surface area contributed by atoms with Crippen molar-refractivity contribution < 1.29 is 23.5 Å². The van der Waals surface area contributed by atoms with E-state index in [0.29, 0.717) is 41.9 Å². The molecule has 1 aliphatic heterocycles. The third-order valence-corrected chi connectivity index (χ3v) is 5.52. The molecule has 2 aromatic heterocycles. The predicted octanol–water partition coefficient (Wildman–Crippen LogP) is 4.67. The maximum Gasteiger partial charge on any atom is 0.331 e. The number of aromatic nitrogens is 3. The number of fused-ring (bicyclic) bond motifs is 1. The molecule has 172 valence electrons. The summed E-state index contributed by atoms with van der Waals surface area (Å²) in [6.07, 6.45) is 4.97. The fourth-order valence-electron chi connectivity index (χ4n) is 3.69. The molecule has 0 amide bonds. The molecule has 0 fully saturated rings. The zero-order valence-electron chi connectivity index (χ0n) is 18.9. The van der Waals surface area contributed by atoms with Crippen molar-refractivity contribution in [1.82, 2.24) is 14.9 Å². The van der Waals surface area contributed by atoms with Crippen LogP contribution in [0, 0.1) is 13.8 Å². The van der Waals surface area contributed by atoms with Gasteiger partial charge in [-0.2, -0.15) is 5.10 Å². The Balaban J connectivity index is 1.43. The Morgan fingerprint density at radius 1 is 1.09 bits per heavy atom. The van der Waals surface area contributed by atoms with E-state index >= 15 is 0 Å². The lowest BCUT2D eigenvalue weighted by atomic mass is 10.1. The summed E-state index contributed by atoms with van der Waals surface area (Å²) in [6, 6.07) is 15.5. The van der Waals surface area contributed by atoms with Gasteiger partial charge in [-0.3, -0.25) is 0 Å². The van der Waals surface area contributed by atoms with Crippen LogP contribution in [0.4, 0.5) is 0 Å². The fraction of sp³-hybridized carbons (Fsp3) is 0.192. The Morgan fingerprint density at radius 2 is 1.88 bits per heavy atom. The molecule has 1 aliphatic rings. The molecular weight excluding hydrogens is 434 g/mol. The van der Waals surface area contributed by atoms with Crippen molar-refractivity contribution in [2.75, 3.05) is 13.2 Å². The van der Waals surface area contributed by atoms with Gasteiger partial charge in [0.05, 0.1) is 16.9 Å². The first-order valence-electron chi connectivity index (χ1n) is 10.9. The number of esters is 1. The summed E-state index contributed by atoms with van der Waals surface area (Å²) in [5.41, 5.74) is 4.70. The van der Waals surface area contributed by atoms with Crippen LogP contribution in [-0.2, 0) is 16.1 Å². The van der Waals surface area contributed by atoms with Gasteiger partial charge in [-0.25, -0.2) is 9.48 Å². The zero-order chi connectivity index (χ0) is 23.5. The van der Waals surface area contributed by atoms with Gasteiger partial charge in [-0.1, -0.05) is 23.4 Å². The van der Waals surface area contributed by atoms with E-state index in [9.17, 15) is 4.79 Å². The average Bonchev–Trinajstić information content (AvgIpc) is 3.44.